The molecule has 0 bridgehead atoms. The molecule has 5 nitrogen and oxygen atoms in total. The SMILES string of the molecule is CC.CN1C(=O)OCc2cc(OCCN)ccc21. The number of benzene rings is 1. The van der Waals surface area contributed by atoms with Crippen molar-refractivity contribution >= 4 is 11.8 Å². The van der Waals surface area contributed by atoms with E-state index in [0.717, 1.165) is 17.0 Å². The Bertz CT molecular complexity index is 407. The molecule has 0 aromatic heterocycles. The number of anilines is 1. The van der Waals surface area contributed by atoms with E-state index in [0.29, 0.717) is 19.8 Å². The molecule has 0 saturated heterocycles. The monoisotopic (exact) mass is 252 g/mol. The number of nitrogens with two attached hydrogens (primary N) is 1. The molecule has 1 heterocycles. The Kier molecular flexibility index (Phi) is 5.45. The zero-order chi connectivity index (χ0) is 13.5. The Morgan fingerprint density at radius 1 is 1.44 bits per heavy atom. The Labute approximate surface area is 107 Å². The van der Waals surface area contributed by atoms with Gasteiger partial charge in [0, 0.05) is 19.2 Å². The highest BCUT2D eigenvalue weighted by Gasteiger charge is 2.22. The number of carbonyl (C=O) groups excluding carboxylic acids is 1. The van der Waals surface area contributed by atoms with E-state index in [1.807, 2.05) is 32.0 Å². The van der Waals surface area contributed by atoms with Gasteiger partial charge in [-0.2, -0.15) is 0 Å². The molecule has 2 rings (SSSR count). The molecular weight excluding hydrogens is 232 g/mol. The van der Waals surface area contributed by atoms with Crippen molar-refractivity contribution in [3.05, 3.63) is 23.8 Å². The molecule has 0 aliphatic carbocycles. The first-order valence-corrected chi connectivity index (χ1v) is 6.08. The molecular formula is C13H20N2O3. The second-order valence-corrected chi connectivity index (χ2v) is 3.54. The van der Waals surface area contributed by atoms with E-state index in [1.54, 1.807) is 7.05 Å². The molecule has 0 unspecified atom stereocenters. The molecule has 5 heteroatoms. The van der Waals surface area contributed by atoms with Crippen molar-refractivity contribution in [3.63, 3.8) is 0 Å². The highest BCUT2D eigenvalue weighted by Crippen LogP contribution is 2.29. The molecule has 1 aliphatic heterocycles. The minimum atomic E-state index is -0.330. The number of fused-ring (bicyclic) bond motifs is 1. The van der Waals surface area contributed by atoms with Crippen molar-refractivity contribution in [3.8, 4) is 5.75 Å². The van der Waals surface area contributed by atoms with Gasteiger partial charge < -0.3 is 15.2 Å². The largest absolute Gasteiger partial charge is 0.492 e. The third kappa shape index (κ3) is 3.13. The Morgan fingerprint density at radius 2 is 2.17 bits per heavy atom. The first-order chi connectivity index (χ1) is 8.72. The fraction of sp³-hybridized carbons (Fsp3) is 0.462. The fourth-order valence-electron chi connectivity index (χ4n) is 1.61. The van der Waals surface area contributed by atoms with Crippen molar-refractivity contribution in [2.75, 3.05) is 25.1 Å². The van der Waals surface area contributed by atoms with E-state index in [1.165, 1.54) is 4.90 Å². The molecule has 1 aromatic carbocycles. The van der Waals surface area contributed by atoms with Crippen LogP contribution in [0.25, 0.3) is 0 Å². The van der Waals surface area contributed by atoms with Crippen molar-refractivity contribution in [1.82, 2.24) is 0 Å². The van der Waals surface area contributed by atoms with Gasteiger partial charge in [0.05, 0.1) is 5.69 Å². The van der Waals surface area contributed by atoms with Crippen molar-refractivity contribution in [1.29, 1.82) is 0 Å². The van der Waals surface area contributed by atoms with Crippen LogP contribution in [0.15, 0.2) is 18.2 Å². The maximum atomic E-state index is 11.3. The summed E-state index contributed by atoms with van der Waals surface area (Å²) in [6.07, 6.45) is -0.330. The molecule has 0 atom stereocenters. The van der Waals surface area contributed by atoms with Crippen LogP contribution in [0.1, 0.15) is 19.4 Å². The van der Waals surface area contributed by atoms with Crippen molar-refractivity contribution in [2.24, 2.45) is 5.73 Å². The fourth-order valence-corrected chi connectivity index (χ4v) is 1.61. The highest BCUT2D eigenvalue weighted by molar-refractivity contribution is 5.89. The van der Waals surface area contributed by atoms with Crippen molar-refractivity contribution < 1.29 is 14.3 Å². The van der Waals surface area contributed by atoms with Crippen LogP contribution in [0.3, 0.4) is 0 Å². The molecule has 1 aromatic rings. The number of amides is 1. The lowest BCUT2D eigenvalue weighted by molar-refractivity contribution is 0.143. The van der Waals surface area contributed by atoms with Gasteiger partial charge >= 0.3 is 6.09 Å². The molecule has 0 spiro atoms. The van der Waals surface area contributed by atoms with E-state index in [4.69, 9.17) is 15.2 Å². The topological polar surface area (TPSA) is 64.8 Å². The number of hydrogen-bond donors (Lipinski definition) is 1. The van der Waals surface area contributed by atoms with Crippen LogP contribution in [0, 0.1) is 0 Å². The third-order valence-corrected chi connectivity index (χ3v) is 2.42. The number of carbonyl (C=O) groups is 1. The normalized spacial score (nSPS) is 13.1. The lowest BCUT2D eigenvalue weighted by atomic mass is 10.1. The van der Waals surface area contributed by atoms with Gasteiger partial charge in [-0.15, -0.1) is 0 Å². The summed E-state index contributed by atoms with van der Waals surface area (Å²) in [7, 11) is 1.68. The maximum absolute atomic E-state index is 11.3. The Morgan fingerprint density at radius 3 is 2.83 bits per heavy atom. The van der Waals surface area contributed by atoms with Crippen LogP contribution >= 0.6 is 0 Å². The number of nitrogens with zero attached hydrogens (tertiary/aromatic N) is 1. The average Bonchev–Trinajstić information content (AvgIpc) is 2.43. The summed E-state index contributed by atoms with van der Waals surface area (Å²) in [6.45, 7) is 5.25. The number of hydrogen-bond acceptors (Lipinski definition) is 4. The second kappa shape index (κ2) is 6.86. The lowest BCUT2D eigenvalue weighted by Gasteiger charge is -2.25. The molecule has 2 N–H and O–H groups in total. The van der Waals surface area contributed by atoms with Gasteiger partial charge in [0.2, 0.25) is 0 Å². The molecule has 0 fully saturated rings. The summed E-state index contributed by atoms with van der Waals surface area (Å²) in [5.41, 5.74) is 7.15. The Balaban J connectivity index is 0.000000771. The minimum Gasteiger partial charge on any atom is -0.492 e. The number of rotatable bonds is 3. The molecule has 1 aliphatic rings. The van der Waals surface area contributed by atoms with Crippen LogP contribution in [-0.2, 0) is 11.3 Å². The number of ether oxygens (including phenoxy) is 2. The highest BCUT2D eigenvalue weighted by atomic mass is 16.6. The molecule has 0 saturated carbocycles. The molecule has 18 heavy (non-hydrogen) atoms. The van der Waals surface area contributed by atoms with Gasteiger partial charge in [-0.3, -0.25) is 4.90 Å². The summed E-state index contributed by atoms with van der Waals surface area (Å²) in [5, 5.41) is 0. The summed E-state index contributed by atoms with van der Waals surface area (Å²) < 4.78 is 10.4. The molecule has 0 radical (unpaired) electrons. The van der Waals surface area contributed by atoms with Gasteiger partial charge in [0.15, 0.2) is 0 Å². The zero-order valence-corrected chi connectivity index (χ0v) is 11.1. The zero-order valence-electron chi connectivity index (χ0n) is 11.1. The quantitative estimate of drug-likeness (QED) is 0.895. The Hall–Kier alpha value is -1.75. The standard InChI is InChI=1S/C11H14N2O3.C2H6/c1-13-10-3-2-9(15-5-4-12)6-8(10)7-16-11(13)14;1-2/h2-3,6H,4-5,7,12H2,1H3;1-2H3. The summed E-state index contributed by atoms with van der Waals surface area (Å²) in [5.74, 6) is 0.746. The molecule has 100 valence electrons. The summed E-state index contributed by atoms with van der Waals surface area (Å²) in [6, 6.07) is 5.54. The maximum Gasteiger partial charge on any atom is 0.414 e. The van der Waals surface area contributed by atoms with Crippen LogP contribution in [0.2, 0.25) is 0 Å². The van der Waals surface area contributed by atoms with Gasteiger partial charge in [0.25, 0.3) is 0 Å². The van der Waals surface area contributed by atoms with Crippen LogP contribution in [-0.4, -0.2) is 26.3 Å². The number of cyclic esters (lactones) is 1. The van der Waals surface area contributed by atoms with E-state index in [9.17, 15) is 4.79 Å². The van der Waals surface area contributed by atoms with Crippen LogP contribution in [0.5, 0.6) is 5.75 Å². The van der Waals surface area contributed by atoms with Gasteiger partial charge in [-0.05, 0) is 18.2 Å². The summed E-state index contributed by atoms with van der Waals surface area (Å²) >= 11 is 0. The van der Waals surface area contributed by atoms with Gasteiger partial charge in [0.1, 0.15) is 19.0 Å². The predicted octanol–water partition coefficient (Wildman–Crippen LogP) is 2.14. The van der Waals surface area contributed by atoms with Gasteiger partial charge in [-0.25, -0.2) is 4.79 Å². The van der Waals surface area contributed by atoms with E-state index >= 15 is 0 Å². The third-order valence-electron chi connectivity index (χ3n) is 2.42. The second-order valence-electron chi connectivity index (χ2n) is 3.54. The molecule has 1 amide bonds. The first-order valence-electron chi connectivity index (χ1n) is 6.08. The minimum absolute atomic E-state index is 0.290. The van der Waals surface area contributed by atoms with Gasteiger partial charge in [-0.1, -0.05) is 13.8 Å². The first kappa shape index (κ1) is 14.3. The predicted molar refractivity (Wildman–Crippen MR) is 70.9 cm³/mol. The lowest BCUT2D eigenvalue weighted by Crippen LogP contribution is -2.31. The van der Waals surface area contributed by atoms with Crippen LogP contribution < -0.4 is 15.4 Å². The van der Waals surface area contributed by atoms with E-state index in [2.05, 4.69) is 0 Å². The average molecular weight is 252 g/mol. The van der Waals surface area contributed by atoms with Crippen molar-refractivity contribution in [2.45, 2.75) is 20.5 Å². The smallest absolute Gasteiger partial charge is 0.414 e. The van der Waals surface area contributed by atoms with Crippen LogP contribution in [0.4, 0.5) is 10.5 Å². The van der Waals surface area contributed by atoms with E-state index in [-0.39, 0.29) is 6.09 Å². The summed E-state index contributed by atoms with van der Waals surface area (Å²) in [4.78, 5) is 12.7. The van der Waals surface area contributed by atoms with E-state index < -0.39 is 0 Å².